The lowest BCUT2D eigenvalue weighted by Crippen LogP contribution is -2.45. The maximum Gasteiger partial charge on any atom is 0.290 e. The number of piperazine rings is 1. The fourth-order valence-corrected chi connectivity index (χ4v) is 6.54. The number of halogens is 1. The Morgan fingerprint density at radius 3 is 2.35 bits per heavy atom. The number of sulfonamides is 1. The molecule has 2 atom stereocenters. The first kappa shape index (κ1) is 27.2. The molecule has 37 heavy (non-hydrogen) atoms. The number of nitrogens with zero attached hydrogens (tertiary/aromatic N) is 4. The van der Waals surface area contributed by atoms with Gasteiger partial charge in [-0.2, -0.15) is 0 Å². The molecule has 0 spiro atoms. The number of furan rings is 1. The maximum absolute atomic E-state index is 13.4. The number of para-hydroxylation sites is 1. The van der Waals surface area contributed by atoms with Gasteiger partial charge in [0.1, 0.15) is 5.76 Å². The van der Waals surface area contributed by atoms with Crippen molar-refractivity contribution in [2.45, 2.75) is 26.4 Å². The molecule has 3 aliphatic heterocycles. The Morgan fingerprint density at radius 1 is 1.05 bits per heavy atom. The van der Waals surface area contributed by atoms with E-state index in [0.717, 1.165) is 36.7 Å². The molecule has 0 bridgehead atoms. The molecular formula is C26H33ClN4O5S. The van der Waals surface area contributed by atoms with Crippen molar-refractivity contribution in [2.75, 3.05) is 43.9 Å². The molecule has 0 unspecified atom stereocenters. The summed E-state index contributed by atoms with van der Waals surface area (Å²) in [6.07, 6.45) is 2.69. The molecule has 9 nitrogen and oxygen atoms in total. The van der Waals surface area contributed by atoms with Crippen LogP contribution in [-0.4, -0.2) is 79.4 Å². The van der Waals surface area contributed by atoms with Crippen molar-refractivity contribution in [2.24, 2.45) is 11.8 Å². The van der Waals surface area contributed by atoms with Crippen molar-refractivity contribution in [3.63, 3.8) is 0 Å². The van der Waals surface area contributed by atoms with Gasteiger partial charge in [-0.1, -0.05) is 32.0 Å². The van der Waals surface area contributed by atoms with Gasteiger partial charge < -0.3 is 14.2 Å². The minimum absolute atomic E-state index is 0. The Balaban J connectivity index is 0.00000320. The normalized spacial score (nSPS) is 22.3. The number of amides is 2. The number of carbonyl (C=O) groups excluding carboxylic acids is 2. The largest absolute Gasteiger partial charge is 0.455 e. The first-order valence-electron chi connectivity index (χ1n) is 12.3. The van der Waals surface area contributed by atoms with Gasteiger partial charge in [-0.3, -0.25) is 14.5 Å². The maximum atomic E-state index is 13.4. The van der Waals surface area contributed by atoms with Crippen molar-refractivity contribution >= 4 is 39.9 Å². The summed E-state index contributed by atoms with van der Waals surface area (Å²) in [7, 11) is -3.78. The van der Waals surface area contributed by atoms with E-state index in [0.29, 0.717) is 18.0 Å². The third-order valence-corrected chi connectivity index (χ3v) is 8.31. The van der Waals surface area contributed by atoms with Crippen LogP contribution in [0.5, 0.6) is 0 Å². The van der Waals surface area contributed by atoms with E-state index in [2.05, 4.69) is 21.9 Å². The second kappa shape index (κ2) is 10.5. The van der Waals surface area contributed by atoms with Crippen molar-refractivity contribution in [3.05, 3.63) is 65.8 Å². The minimum Gasteiger partial charge on any atom is -0.455 e. The lowest BCUT2D eigenvalue weighted by Gasteiger charge is -2.35. The lowest BCUT2D eigenvalue weighted by molar-refractivity contribution is -0.128. The van der Waals surface area contributed by atoms with Crippen LogP contribution in [0.2, 0.25) is 0 Å². The Bertz CT molecular complexity index is 1290. The van der Waals surface area contributed by atoms with Gasteiger partial charge in [-0.25, -0.2) is 12.7 Å². The SMILES string of the molecule is CC(C)[C@H]1C(=O)N(S(C)(=O)=O)C2=CCN(C(=O)c3ccc(CN4CCN(c5ccccc5)CC4)o3)[C@@H]21.Cl. The average molecular weight is 549 g/mol. The number of hydrogen-bond acceptors (Lipinski definition) is 7. The van der Waals surface area contributed by atoms with Crippen LogP contribution < -0.4 is 4.90 Å². The van der Waals surface area contributed by atoms with E-state index in [4.69, 9.17) is 4.42 Å². The molecule has 0 aliphatic carbocycles. The highest BCUT2D eigenvalue weighted by Crippen LogP contribution is 2.41. The van der Waals surface area contributed by atoms with Crippen LogP contribution in [0.15, 0.2) is 58.7 Å². The van der Waals surface area contributed by atoms with Gasteiger partial charge in [-0.15, -0.1) is 12.4 Å². The van der Waals surface area contributed by atoms with Crippen LogP contribution in [0.4, 0.5) is 5.69 Å². The van der Waals surface area contributed by atoms with Gasteiger partial charge in [-0.05, 0) is 36.3 Å². The van der Waals surface area contributed by atoms with Crippen LogP contribution >= 0.6 is 12.4 Å². The van der Waals surface area contributed by atoms with E-state index in [9.17, 15) is 18.0 Å². The fourth-order valence-electron chi connectivity index (χ4n) is 5.52. The summed E-state index contributed by atoms with van der Waals surface area (Å²) in [6, 6.07) is 13.2. The highest BCUT2D eigenvalue weighted by Gasteiger charge is 2.55. The number of hydrogen-bond donors (Lipinski definition) is 0. The van der Waals surface area contributed by atoms with Gasteiger partial charge in [0.2, 0.25) is 15.9 Å². The summed E-state index contributed by atoms with van der Waals surface area (Å²) in [4.78, 5) is 32.6. The first-order chi connectivity index (χ1) is 17.1. The second-order valence-corrected chi connectivity index (χ2v) is 11.9. The number of carbonyl (C=O) groups is 2. The molecule has 1 aromatic carbocycles. The number of rotatable bonds is 6. The Labute approximate surface area is 224 Å². The Kier molecular flexibility index (Phi) is 7.73. The molecule has 2 amide bonds. The molecule has 0 saturated carbocycles. The third kappa shape index (κ3) is 5.15. The zero-order valence-corrected chi connectivity index (χ0v) is 22.9. The first-order valence-corrected chi connectivity index (χ1v) is 14.2. The second-order valence-electron chi connectivity index (χ2n) is 10.0. The van der Waals surface area contributed by atoms with Crippen LogP contribution in [0.1, 0.15) is 30.2 Å². The van der Waals surface area contributed by atoms with Crippen LogP contribution in [-0.2, 0) is 21.4 Å². The summed E-state index contributed by atoms with van der Waals surface area (Å²) >= 11 is 0. The van der Waals surface area contributed by atoms with Crippen molar-refractivity contribution in [1.82, 2.24) is 14.1 Å². The molecule has 3 aliphatic rings. The van der Waals surface area contributed by atoms with Gasteiger partial charge in [0.05, 0.1) is 30.5 Å². The summed E-state index contributed by atoms with van der Waals surface area (Å²) in [6.45, 7) is 8.20. The zero-order valence-electron chi connectivity index (χ0n) is 21.2. The predicted molar refractivity (Wildman–Crippen MR) is 143 cm³/mol. The minimum atomic E-state index is -3.78. The lowest BCUT2D eigenvalue weighted by atomic mass is 9.89. The monoisotopic (exact) mass is 548 g/mol. The topological polar surface area (TPSA) is 94.4 Å². The van der Waals surface area contributed by atoms with E-state index in [1.54, 1.807) is 17.0 Å². The smallest absolute Gasteiger partial charge is 0.290 e. The number of anilines is 1. The standard InChI is InChI=1S/C26H32N4O5S.ClH/c1-18(2)23-24-21(30(26(23)32)36(3,33)34)11-12-29(24)25(31)22-10-9-20(35-22)17-27-13-15-28(16-14-27)19-7-5-4-6-8-19;/h4-11,18,23-24H,12-17H2,1-3H3;1H/t23-,24+;/m1./s1. The van der Waals surface area contributed by atoms with E-state index < -0.39 is 27.9 Å². The Hall–Kier alpha value is -2.82. The third-order valence-electron chi connectivity index (χ3n) is 7.25. The molecule has 2 fully saturated rings. The predicted octanol–water partition coefficient (Wildman–Crippen LogP) is 2.81. The quantitative estimate of drug-likeness (QED) is 0.548. The molecule has 0 radical (unpaired) electrons. The number of benzene rings is 1. The summed E-state index contributed by atoms with van der Waals surface area (Å²) in [5.41, 5.74) is 1.60. The molecule has 1 aromatic heterocycles. The highest BCUT2D eigenvalue weighted by atomic mass is 35.5. The van der Waals surface area contributed by atoms with E-state index >= 15 is 0 Å². The van der Waals surface area contributed by atoms with Crippen molar-refractivity contribution in [1.29, 1.82) is 0 Å². The summed E-state index contributed by atoms with van der Waals surface area (Å²) < 4.78 is 31.5. The van der Waals surface area contributed by atoms with Gasteiger partial charge in [0, 0.05) is 38.4 Å². The fraction of sp³-hybridized carbons (Fsp3) is 0.462. The van der Waals surface area contributed by atoms with Crippen LogP contribution in [0, 0.1) is 11.8 Å². The molecule has 2 saturated heterocycles. The van der Waals surface area contributed by atoms with Gasteiger partial charge in [0.15, 0.2) is 5.76 Å². The molecule has 11 heteroatoms. The molecule has 0 N–H and O–H groups in total. The van der Waals surface area contributed by atoms with E-state index in [1.165, 1.54) is 5.69 Å². The highest BCUT2D eigenvalue weighted by molar-refractivity contribution is 7.89. The average Bonchev–Trinajstić information content (AvgIpc) is 3.53. The number of fused-ring (bicyclic) bond motifs is 1. The van der Waals surface area contributed by atoms with Crippen molar-refractivity contribution < 1.29 is 22.4 Å². The summed E-state index contributed by atoms with van der Waals surface area (Å²) in [5, 5.41) is 0. The van der Waals surface area contributed by atoms with Gasteiger partial charge >= 0.3 is 0 Å². The molecule has 200 valence electrons. The van der Waals surface area contributed by atoms with Crippen LogP contribution in [0.25, 0.3) is 0 Å². The van der Waals surface area contributed by atoms with Gasteiger partial charge in [0.25, 0.3) is 5.91 Å². The molecular weight excluding hydrogens is 516 g/mol. The zero-order chi connectivity index (χ0) is 25.6. The molecule has 2 aromatic rings. The summed E-state index contributed by atoms with van der Waals surface area (Å²) in [5.74, 6) is -0.647. The van der Waals surface area contributed by atoms with E-state index in [1.807, 2.05) is 38.1 Å². The van der Waals surface area contributed by atoms with E-state index in [-0.39, 0.29) is 36.5 Å². The molecule has 5 rings (SSSR count). The van der Waals surface area contributed by atoms with Crippen LogP contribution in [0.3, 0.4) is 0 Å². The Morgan fingerprint density at radius 2 is 1.73 bits per heavy atom. The molecule has 4 heterocycles. The van der Waals surface area contributed by atoms with Crippen molar-refractivity contribution in [3.8, 4) is 0 Å².